The number of benzene rings is 1. The van der Waals surface area contributed by atoms with E-state index in [2.05, 4.69) is 20.2 Å². The van der Waals surface area contributed by atoms with E-state index < -0.39 is 0 Å². The summed E-state index contributed by atoms with van der Waals surface area (Å²) in [5, 5.41) is 3.04. The number of hydrogen-bond acceptors (Lipinski definition) is 8. The van der Waals surface area contributed by atoms with Gasteiger partial charge in [-0.1, -0.05) is 12.1 Å². The maximum absolute atomic E-state index is 13.2. The van der Waals surface area contributed by atoms with Gasteiger partial charge in [-0.15, -0.1) is 0 Å². The van der Waals surface area contributed by atoms with E-state index in [1.807, 2.05) is 52.9 Å². The second kappa shape index (κ2) is 12.7. The molecule has 0 radical (unpaired) electrons. The Morgan fingerprint density at radius 2 is 2.03 bits per heavy atom. The zero-order valence-corrected chi connectivity index (χ0v) is 22.2. The number of rotatable bonds is 10. The molecule has 1 aromatic carbocycles. The number of aromatic nitrogens is 4. The van der Waals surface area contributed by atoms with E-state index in [0.717, 1.165) is 23.6 Å². The lowest BCUT2D eigenvalue weighted by Crippen LogP contribution is -2.57. The van der Waals surface area contributed by atoms with Crippen LogP contribution in [-0.4, -0.2) is 81.7 Å². The lowest BCUT2D eigenvalue weighted by Gasteiger charge is -2.42. The minimum atomic E-state index is -0.221. The van der Waals surface area contributed by atoms with Gasteiger partial charge in [-0.05, 0) is 37.1 Å². The molecule has 4 heterocycles. The third-order valence-electron chi connectivity index (χ3n) is 7.09. The van der Waals surface area contributed by atoms with Crippen molar-refractivity contribution in [3.63, 3.8) is 0 Å². The summed E-state index contributed by atoms with van der Waals surface area (Å²) < 4.78 is 12.9. The molecule has 2 unspecified atom stereocenters. The summed E-state index contributed by atoms with van der Waals surface area (Å²) in [6.45, 7) is 6.17. The molecule has 0 aliphatic carbocycles. The molecule has 2 atom stereocenters. The predicted octanol–water partition coefficient (Wildman–Crippen LogP) is 1.88. The van der Waals surface area contributed by atoms with Gasteiger partial charge in [0.2, 0.25) is 11.8 Å². The second-order valence-corrected chi connectivity index (χ2v) is 9.82. The second-order valence-electron chi connectivity index (χ2n) is 9.82. The first kappa shape index (κ1) is 26.6. The lowest BCUT2D eigenvalue weighted by molar-refractivity contribution is -0.137. The van der Waals surface area contributed by atoms with Crippen molar-refractivity contribution >= 4 is 17.6 Å². The van der Waals surface area contributed by atoms with Gasteiger partial charge in [-0.3, -0.25) is 9.59 Å². The molecule has 2 aliphatic rings. The number of carbonyl (C=O) groups is 2. The van der Waals surface area contributed by atoms with E-state index in [0.29, 0.717) is 58.4 Å². The lowest BCUT2D eigenvalue weighted by atomic mass is 10.0. The van der Waals surface area contributed by atoms with E-state index in [-0.39, 0.29) is 30.2 Å². The fourth-order valence-corrected chi connectivity index (χ4v) is 5.04. The van der Waals surface area contributed by atoms with Gasteiger partial charge in [0.1, 0.15) is 17.4 Å². The number of nitrogens with zero attached hydrogens (tertiary/aromatic N) is 6. The molecular weight excluding hydrogens is 498 g/mol. The third kappa shape index (κ3) is 6.91. The topological polar surface area (TPSA) is 115 Å². The van der Waals surface area contributed by atoms with E-state index >= 15 is 0 Å². The van der Waals surface area contributed by atoms with Crippen LogP contribution in [0.2, 0.25) is 0 Å². The quantitative estimate of drug-likeness (QED) is 0.420. The number of anilines is 1. The van der Waals surface area contributed by atoms with Crippen LogP contribution in [0.1, 0.15) is 31.2 Å². The molecule has 0 saturated carbocycles. The Balaban J connectivity index is 1.27. The highest BCUT2D eigenvalue weighted by Crippen LogP contribution is 2.24. The number of nitrogens with one attached hydrogen (secondary N) is 1. The molecule has 2 aromatic heterocycles. The zero-order chi connectivity index (χ0) is 27.0. The van der Waals surface area contributed by atoms with Crippen molar-refractivity contribution in [3.8, 4) is 5.75 Å². The number of imidazole rings is 1. The van der Waals surface area contributed by atoms with Crippen LogP contribution in [0, 0.1) is 5.92 Å². The molecule has 1 N–H and O–H groups in total. The van der Waals surface area contributed by atoms with Crippen LogP contribution in [0.15, 0.2) is 55.2 Å². The van der Waals surface area contributed by atoms with Crippen LogP contribution in [0.4, 0.5) is 5.82 Å². The fourth-order valence-electron chi connectivity index (χ4n) is 5.04. The monoisotopic (exact) mass is 533 g/mol. The van der Waals surface area contributed by atoms with Crippen LogP contribution in [0.3, 0.4) is 0 Å². The fraction of sp³-hybridized carbons (Fsp3) is 0.464. The van der Waals surface area contributed by atoms with Crippen LogP contribution in [0.25, 0.3) is 0 Å². The highest BCUT2D eigenvalue weighted by atomic mass is 16.5. The van der Waals surface area contributed by atoms with Crippen molar-refractivity contribution < 1.29 is 19.1 Å². The highest BCUT2D eigenvalue weighted by molar-refractivity contribution is 5.80. The molecule has 2 saturated heterocycles. The van der Waals surface area contributed by atoms with Gasteiger partial charge in [0.25, 0.3) is 0 Å². The van der Waals surface area contributed by atoms with Crippen molar-refractivity contribution in [2.75, 3.05) is 44.4 Å². The standard InChI is InChI=1S/C28H35N7O4/c1-2-39-24-5-3-21(4-6-24)16-31-27(36)15-23-17-34(28(37)22-8-14-38-19-22)12-13-35(23)26-7-9-30-25(32-26)18-33-11-10-29-20-33/h3-7,9-11,20,22-23H,2,8,12-19H2,1H3,(H,31,36). The first-order valence-corrected chi connectivity index (χ1v) is 13.5. The Morgan fingerprint density at radius 3 is 2.77 bits per heavy atom. The molecular formula is C28H35N7O4. The van der Waals surface area contributed by atoms with Crippen molar-refractivity contribution in [1.29, 1.82) is 0 Å². The molecule has 206 valence electrons. The average Bonchev–Trinajstić information content (AvgIpc) is 3.68. The normalized spacial score (nSPS) is 19.2. The van der Waals surface area contributed by atoms with Gasteiger partial charge < -0.3 is 29.2 Å². The number of piperazine rings is 1. The van der Waals surface area contributed by atoms with E-state index in [9.17, 15) is 9.59 Å². The SMILES string of the molecule is CCOc1ccc(CNC(=O)CC2CN(C(=O)C3CCOC3)CCN2c2ccnc(Cn3ccnc3)n2)cc1. The summed E-state index contributed by atoms with van der Waals surface area (Å²) in [7, 11) is 0. The molecule has 11 nitrogen and oxygen atoms in total. The summed E-state index contributed by atoms with van der Waals surface area (Å²) in [4.78, 5) is 43.6. The van der Waals surface area contributed by atoms with Crippen LogP contribution >= 0.6 is 0 Å². The van der Waals surface area contributed by atoms with Crippen molar-refractivity contribution in [2.24, 2.45) is 5.92 Å². The summed E-state index contributed by atoms with van der Waals surface area (Å²) in [5.41, 5.74) is 0.991. The predicted molar refractivity (Wildman–Crippen MR) is 144 cm³/mol. The van der Waals surface area contributed by atoms with Gasteiger partial charge >= 0.3 is 0 Å². The molecule has 2 fully saturated rings. The molecule has 0 bridgehead atoms. The maximum Gasteiger partial charge on any atom is 0.228 e. The Bertz CT molecular complexity index is 1230. The average molecular weight is 534 g/mol. The smallest absolute Gasteiger partial charge is 0.228 e. The minimum absolute atomic E-state index is 0.0786. The van der Waals surface area contributed by atoms with Gasteiger partial charge in [-0.25, -0.2) is 15.0 Å². The Morgan fingerprint density at radius 1 is 1.15 bits per heavy atom. The summed E-state index contributed by atoms with van der Waals surface area (Å²) in [6.07, 6.45) is 8.04. The minimum Gasteiger partial charge on any atom is -0.494 e. The van der Waals surface area contributed by atoms with Crippen molar-refractivity contribution in [1.82, 2.24) is 29.7 Å². The zero-order valence-electron chi connectivity index (χ0n) is 22.2. The molecule has 2 aliphatic heterocycles. The van der Waals surface area contributed by atoms with Crippen LogP contribution < -0.4 is 15.0 Å². The van der Waals surface area contributed by atoms with E-state index in [1.54, 1.807) is 18.7 Å². The Hall–Kier alpha value is -3.99. The Kier molecular flexibility index (Phi) is 8.67. The van der Waals surface area contributed by atoms with Gasteiger partial charge in [0.05, 0.1) is 38.0 Å². The van der Waals surface area contributed by atoms with Crippen LogP contribution in [-0.2, 0) is 27.4 Å². The molecule has 2 amide bonds. The van der Waals surface area contributed by atoms with Crippen molar-refractivity contribution in [2.45, 2.75) is 38.9 Å². The van der Waals surface area contributed by atoms with Gasteiger partial charge in [0, 0.05) is 57.8 Å². The summed E-state index contributed by atoms with van der Waals surface area (Å²) in [6, 6.07) is 9.35. The molecule has 11 heteroatoms. The van der Waals surface area contributed by atoms with Gasteiger partial charge in [-0.2, -0.15) is 0 Å². The number of ether oxygens (including phenoxy) is 2. The largest absolute Gasteiger partial charge is 0.494 e. The summed E-state index contributed by atoms with van der Waals surface area (Å²) >= 11 is 0. The van der Waals surface area contributed by atoms with Gasteiger partial charge in [0.15, 0.2) is 0 Å². The number of hydrogen-bond donors (Lipinski definition) is 1. The maximum atomic E-state index is 13.2. The molecule has 5 rings (SSSR count). The summed E-state index contributed by atoms with van der Waals surface area (Å²) in [5.74, 6) is 2.14. The third-order valence-corrected chi connectivity index (χ3v) is 7.09. The van der Waals surface area contributed by atoms with Crippen molar-refractivity contribution in [3.05, 3.63) is 66.6 Å². The number of carbonyl (C=O) groups excluding carboxylic acids is 2. The molecule has 39 heavy (non-hydrogen) atoms. The molecule has 0 spiro atoms. The van der Waals surface area contributed by atoms with E-state index in [1.165, 1.54) is 0 Å². The highest BCUT2D eigenvalue weighted by Gasteiger charge is 2.35. The molecule has 3 aromatic rings. The number of amides is 2. The Labute approximate surface area is 228 Å². The van der Waals surface area contributed by atoms with E-state index in [4.69, 9.17) is 14.5 Å². The van der Waals surface area contributed by atoms with Crippen LogP contribution in [0.5, 0.6) is 5.75 Å². The first-order chi connectivity index (χ1) is 19.1. The first-order valence-electron chi connectivity index (χ1n) is 13.5.